The minimum atomic E-state index is -0.898. The number of allylic oxidation sites excluding steroid dienone is 2. The largest absolute Gasteiger partial charge is 0.444 e. The summed E-state index contributed by atoms with van der Waals surface area (Å²) in [6.07, 6.45) is 6.54. The Bertz CT molecular complexity index is 838. The van der Waals surface area contributed by atoms with Crippen molar-refractivity contribution in [1.82, 2.24) is 10.2 Å². The van der Waals surface area contributed by atoms with Gasteiger partial charge in [0.05, 0.1) is 17.4 Å². The predicted molar refractivity (Wildman–Crippen MR) is 105 cm³/mol. The molecule has 3 unspecified atom stereocenters. The first-order chi connectivity index (χ1) is 13.1. The molecule has 0 radical (unpaired) electrons. The van der Waals surface area contributed by atoms with Gasteiger partial charge in [0, 0.05) is 6.54 Å². The number of hydrogen-bond donors (Lipinski definition) is 1. The van der Waals surface area contributed by atoms with Crippen molar-refractivity contribution in [3.8, 4) is 0 Å². The average Bonchev–Trinajstić information content (AvgIpc) is 2.82. The third kappa shape index (κ3) is 3.72. The summed E-state index contributed by atoms with van der Waals surface area (Å²) in [6, 6.07) is 8.63. The smallest absolute Gasteiger partial charge is 0.407 e. The summed E-state index contributed by atoms with van der Waals surface area (Å²) in [7, 11) is 0. The molecule has 0 saturated carbocycles. The summed E-state index contributed by atoms with van der Waals surface area (Å²) in [5, 5.41) is 2.71. The molecule has 148 valence electrons. The van der Waals surface area contributed by atoms with Crippen molar-refractivity contribution in [2.24, 2.45) is 11.3 Å². The van der Waals surface area contributed by atoms with Crippen LogP contribution in [-0.4, -0.2) is 35.0 Å². The first-order valence-electron chi connectivity index (χ1n) is 9.39. The molecule has 1 aromatic carbocycles. The van der Waals surface area contributed by atoms with Crippen molar-refractivity contribution >= 4 is 17.9 Å². The fourth-order valence-electron chi connectivity index (χ4n) is 3.61. The maximum Gasteiger partial charge on any atom is 0.407 e. The van der Waals surface area contributed by atoms with Gasteiger partial charge in [-0.25, -0.2) is 4.79 Å². The van der Waals surface area contributed by atoms with Crippen LogP contribution in [0.15, 0.2) is 54.6 Å². The second-order valence-corrected chi connectivity index (χ2v) is 8.33. The number of benzene rings is 1. The van der Waals surface area contributed by atoms with Gasteiger partial charge < -0.3 is 10.1 Å². The van der Waals surface area contributed by atoms with E-state index in [2.05, 4.69) is 5.32 Å². The van der Waals surface area contributed by atoms with Crippen LogP contribution in [0.25, 0.3) is 0 Å². The number of carbonyl (C=O) groups excluding carboxylic acids is 3. The highest BCUT2D eigenvalue weighted by atomic mass is 16.6. The highest BCUT2D eigenvalue weighted by Gasteiger charge is 2.56. The molecule has 1 aromatic rings. The van der Waals surface area contributed by atoms with E-state index in [4.69, 9.17) is 4.74 Å². The third-order valence-electron chi connectivity index (χ3n) is 5.02. The molecule has 1 heterocycles. The molecule has 1 aliphatic carbocycles. The molecule has 1 fully saturated rings. The maximum absolute atomic E-state index is 13.2. The lowest BCUT2D eigenvalue weighted by Gasteiger charge is -2.29. The Morgan fingerprint density at radius 3 is 2.50 bits per heavy atom. The molecule has 6 heteroatoms. The van der Waals surface area contributed by atoms with Crippen molar-refractivity contribution < 1.29 is 19.1 Å². The van der Waals surface area contributed by atoms with Gasteiger partial charge in [0.2, 0.25) is 11.8 Å². The Hall–Kier alpha value is -2.89. The van der Waals surface area contributed by atoms with Gasteiger partial charge in [-0.1, -0.05) is 54.6 Å². The van der Waals surface area contributed by atoms with Crippen LogP contribution in [-0.2, 0) is 14.3 Å². The zero-order valence-electron chi connectivity index (χ0n) is 16.6. The molecule has 0 bridgehead atoms. The second-order valence-electron chi connectivity index (χ2n) is 8.33. The van der Waals surface area contributed by atoms with Gasteiger partial charge >= 0.3 is 6.09 Å². The van der Waals surface area contributed by atoms with Crippen molar-refractivity contribution in [1.29, 1.82) is 0 Å². The van der Waals surface area contributed by atoms with Crippen LogP contribution >= 0.6 is 0 Å². The molecule has 1 N–H and O–H groups in total. The summed E-state index contributed by atoms with van der Waals surface area (Å²) in [5.41, 5.74) is -0.760. The van der Waals surface area contributed by atoms with Crippen LogP contribution in [0.4, 0.5) is 4.79 Å². The van der Waals surface area contributed by atoms with Crippen LogP contribution in [0, 0.1) is 11.3 Å². The topological polar surface area (TPSA) is 75.7 Å². The monoisotopic (exact) mass is 382 g/mol. The third-order valence-corrected chi connectivity index (χ3v) is 5.02. The number of hydrogen-bond acceptors (Lipinski definition) is 4. The fourth-order valence-corrected chi connectivity index (χ4v) is 3.61. The van der Waals surface area contributed by atoms with Gasteiger partial charge in [0.15, 0.2) is 0 Å². The van der Waals surface area contributed by atoms with Gasteiger partial charge in [0.1, 0.15) is 5.60 Å². The van der Waals surface area contributed by atoms with Gasteiger partial charge in [-0.2, -0.15) is 0 Å². The second kappa shape index (κ2) is 7.26. The fraction of sp³-hybridized carbons (Fsp3) is 0.409. The Labute approximate surface area is 165 Å². The van der Waals surface area contributed by atoms with Crippen LogP contribution in [0.1, 0.15) is 39.3 Å². The van der Waals surface area contributed by atoms with Crippen LogP contribution < -0.4 is 5.32 Å². The lowest BCUT2D eigenvalue weighted by atomic mass is 9.76. The number of imide groups is 1. The number of alkyl carbamates (subject to hydrolysis) is 1. The van der Waals surface area contributed by atoms with E-state index in [9.17, 15) is 14.4 Å². The normalized spacial score (nSPS) is 24.9. The quantitative estimate of drug-likeness (QED) is 0.810. The van der Waals surface area contributed by atoms with Crippen LogP contribution in [0.3, 0.4) is 0 Å². The lowest BCUT2D eigenvalue weighted by Crippen LogP contribution is -2.43. The zero-order valence-corrected chi connectivity index (χ0v) is 16.6. The molecule has 1 saturated heterocycles. The van der Waals surface area contributed by atoms with Crippen molar-refractivity contribution in [2.45, 2.75) is 39.3 Å². The van der Waals surface area contributed by atoms with Gasteiger partial charge in [-0.3, -0.25) is 14.5 Å². The van der Waals surface area contributed by atoms with E-state index in [1.54, 1.807) is 52.0 Å². The van der Waals surface area contributed by atoms with E-state index in [-0.39, 0.29) is 18.4 Å². The first kappa shape index (κ1) is 19.9. The Morgan fingerprint density at radius 1 is 1.21 bits per heavy atom. The molecule has 6 nitrogen and oxygen atoms in total. The number of likely N-dealkylation sites (tertiary alicyclic amines) is 1. The summed E-state index contributed by atoms with van der Waals surface area (Å²) in [6.45, 7) is 7.19. The van der Waals surface area contributed by atoms with Crippen molar-refractivity contribution in [2.75, 3.05) is 6.54 Å². The maximum atomic E-state index is 13.2. The molecular formula is C22H26N2O4. The van der Waals surface area contributed by atoms with E-state index in [0.717, 1.165) is 5.56 Å². The van der Waals surface area contributed by atoms with Gasteiger partial charge in [0.25, 0.3) is 0 Å². The highest BCUT2D eigenvalue weighted by Crippen LogP contribution is 2.45. The number of carbonyl (C=O) groups is 3. The van der Waals surface area contributed by atoms with E-state index < -0.39 is 29.1 Å². The molecule has 28 heavy (non-hydrogen) atoms. The molecule has 3 atom stereocenters. The van der Waals surface area contributed by atoms with E-state index in [1.807, 2.05) is 30.3 Å². The zero-order chi connectivity index (χ0) is 20.5. The number of nitrogens with zero attached hydrogens (tertiary/aromatic N) is 1. The lowest BCUT2D eigenvalue weighted by molar-refractivity contribution is -0.143. The van der Waals surface area contributed by atoms with Crippen LogP contribution in [0.5, 0.6) is 0 Å². The molecule has 1 aliphatic heterocycles. The van der Waals surface area contributed by atoms with Gasteiger partial charge in [-0.15, -0.1) is 0 Å². The minimum Gasteiger partial charge on any atom is -0.444 e. The molecule has 2 aliphatic rings. The van der Waals surface area contributed by atoms with E-state index >= 15 is 0 Å². The first-order valence-corrected chi connectivity index (χ1v) is 9.39. The predicted octanol–water partition coefficient (Wildman–Crippen LogP) is 3.37. The number of nitrogens with one attached hydrogen (secondary N) is 1. The minimum absolute atomic E-state index is 0.0760. The Balaban J connectivity index is 1.89. The number of amides is 3. The molecule has 3 amide bonds. The highest BCUT2D eigenvalue weighted by molar-refractivity contribution is 6.09. The van der Waals surface area contributed by atoms with E-state index in [0.29, 0.717) is 0 Å². The summed E-state index contributed by atoms with van der Waals surface area (Å²) >= 11 is 0. The summed E-state index contributed by atoms with van der Waals surface area (Å²) in [4.78, 5) is 39.8. The standard InChI is InChI=1S/C22H26N2O4/c1-21(2,3)28-20(27)23-14-17(15-10-6-5-7-11-15)24-18(25)16-12-8-9-13-22(16,4)19(24)26/h5-13,16-17H,14H2,1-4H3,(H,23,27). The van der Waals surface area contributed by atoms with Gasteiger partial charge in [-0.05, 0) is 33.3 Å². The number of rotatable bonds is 4. The molecule has 0 spiro atoms. The van der Waals surface area contributed by atoms with Crippen LogP contribution in [0.2, 0.25) is 0 Å². The summed E-state index contributed by atoms with van der Waals surface area (Å²) < 4.78 is 5.29. The molecule has 3 rings (SSSR count). The van der Waals surface area contributed by atoms with Crippen molar-refractivity contribution in [3.63, 3.8) is 0 Å². The average molecular weight is 382 g/mol. The van der Waals surface area contributed by atoms with E-state index in [1.165, 1.54) is 4.90 Å². The number of ether oxygens (including phenoxy) is 1. The molecular weight excluding hydrogens is 356 g/mol. The molecule has 0 aromatic heterocycles. The number of fused-ring (bicyclic) bond motifs is 1. The van der Waals surface area contributed by atoms with Crippen molar-refractivity contribution in [3.05, 3.63) is 60.2 Å². The Kier molecular flexibility index (Phi) is 5.15. The Morgan fingerprint density at radius 2 is 1.89 bits per heavy atom. The SMILES string of the molecule is CC(C)(C)OC(=O)NCC(c1ccccc1)N1C(=O)C2C=CC=CC2(C)C1=O. The summed E-state index contributed by atoms with van der Waals surface area (Å²) in [5.74, 6) is -1.05.